The third-order valence-corrected chi connectivity index (χ3v) is 4.95. The number of carbonyl (C=O) groups is 1. The lowest BCUT2D eigenvalue weighted by atomic mass is 10.1. The molecule has 0 N–H and O–H groups in total. The van der Waals surface area contributed by atoms with Gasteiger partial charge in [-0.05, 0) is 17.7 Å². The van der Waals surface area contributed by atoms with E-state index in [9.17, 15) is 13.2 Å². The molecule has 0 bridgehead atoms. The summed E-state index contributed by atoms with van der Waals surface area (Å²) in [6, 6.07) is 7.52. The number of anilines is 1. The third-order valence-electron chi connectivity index (χ3n) is 3.70. The van der Waals surface area contributed by atoms with E-state index in [4.69, 9.17) is 10.7 Å². The van der Waals surface area contributed by atoms with Gasteiger partial charge in [0.25, 0.3) is 0 Å². The van der Waals surface area contributed by atoms with Crippen molar-refractivity contribution < 1.29 is 13.2 Å². The van der Waals surface area contributed by atoms with Crippen molar-refractivity contribution in [2.24, 2.45) is 5.92 Å². The van der Waals surface area contributed by atoms with Gasteiger partial charge in [-0.25, -0.2) is 18.1 Å². The van der Waals surface area contributed by atoms with Gasteiger partial charge in [-0.2, -0.15) is 5.10 Å². The molecular weight excluding hydrogens is 340 g/mol. The highest BCUT2D eigenvalue weighted by Gasteiger charge is 2.33. The minimum atomic E-state index is -3.59. The van der Waals surface area contributed by atoms with Crippen LogP contribution in [0.5, 0.6) is 0 Å². The van der Waals surface area contributed by atoms with Crippen LogP contribution in [0.4, 0.5) is 5.69 Å². The van der Waals surface area contributed by atoms with Crippen LogP contribution in [-0.4, -0.2) is 41.4 Å². The average molecular weight is 355 g/mol. The zero-order valence-corrected chi connectivity index (χ0v) is 13.7. The molecule has 1 amide bonds. The van der Waals surface area contributed by atoms with Crippen LogP contribution in [-0.2, 0) is 20.4 Å². The molecule has 2 heterocycles. The summed E-state index contributed by atoms with van der Waals surface area (Å²) in [4.78, 5) is 17.6. The number of nitrogens with zero attached hydrogens (tertiary/aromatic N) is 4. The fourth-order valence-electron chi connectivity index (χ4n) is 2.71. The van der Waals surface area contributed by atoms with Crippen LogP contribution < -0.4 is 4.90 Å². The minimum absolute atomic E-state index is 0.0839. The number of halogens is 1. The Hall–Kier alpha value is -1.93. The average Bonchev–Trinajstić information content (AvgIpc) is 3.08. The predicted molar refractivity (Wildman–Crippen MR) is 85.7 cm³/mol. The van der Waals surface area contributed by atoms with Crippen LogP contribution in [0.1, 0.15) is 12.0 Å². The van der Waals surface area contributed by atoms with Crippen molar-refractivity contribution in [2.75, 3.05) is 17.2 Å². The van der Waals surface area contributed by atoms with Gasteiger partial charge >= 0.3 is 0 Å². The van der Waals surface area contributed by atoms with Gasteiger partial charge in [0.05, 0.1) is 12.3 Å². The van der Waals surface area contributed by atoms with E-state index in [1.165, 1.54) is 6.33 Å². The first kappa shape index (κ1) is 15.9. The SMILES string of the molecule is O=C1CC(CS(=O)(=O)Cl)CN1c1ccc(Cn2cncn2)cc1. The van der Waals surface area contributed by atoms with Crippen LogP contribution in [0, 0.1) is 5.92 Å². The lowest BCUT2D eigenvalue weighted by molar-refractivity contribution is -0.117. The van der Waals surface area contributed by atoms with E-state index >= 15 is 0 Å². The van der Waals surface area contributed by atoms with Gasteiger partial charge in [-0.1, -0.05) is 12.1 Å². The van der Waals surface area contributed by atoms with E-state index in [1.54, 1.807) is 15.9 Å². The molecule has 1 saturated heterocycles. The molecule has 9 heteroatoms. The first-order valence-corrected chi connectivity index (χ1v) is 9.52. The Bertz CT molecular complexity index is 790. The van der Waals surface area contributed by atoms with Gasteiger partial charge < -0.3 is 4.90 Å². The molecule has 0 radical (unpaired) electrons. The summed E-state index contributed by atoms with van der Waals surface area (Å²) < 4.78 is 24.0. The zero-order chi connectivity index (χ0) is 16.4. The van der Waals surface area contributed by atoms with Crippen LogP contribution in [0.25, 0.3) is 0 Å². The molecule has 1 fully saturated rings. The Kier molecular flexibility index (Phi) is 4.36. The van der Waals surface area contributed by atoms with Gasteiger partial charge in [0.1, 0.15) is 12.7 Å². The second-order valence-corrected chi connectivity index (χ2v) is 8.36. The number of benzene rings is 1. The monoisotopic (exact) mass is 354 g/mol. The minimum Gasteiger partial charge on any atom is -0.312 e. The molecular formula is C14H15ClN4O3S. The third kappa shape index (κ3) is 4.08. The maximum absolute atomic E-state index is 12.1. The van der Waals surface area contributed by atoms with Gasteiger partial charge in [0, 0.05) is 35.3 Å². The molecule has 1 aliphatic heterocycles. The molecule has 1 aliphatic rings. The summed E-state index contributed by atoms with van der Waals surface area (Å²) in [6.07, 6.45) is 3.31. The molecule has 23 heavy (non-hydrogen) atoms. The van der Waals surface area contributed by atoms with Gasteiger partial charge in [0.15, 0.2) is 0 Å². The van der Waals surface area contributed by atoms with E-state index < -0.39 is 9.05 Å². The second kappa shape index (κ2) is 6.29. The summed E-state index contributed by atoms with van der Waals surface area (Å²) in [5, 5.41) is 4.04. The maximum Gasteiger partial charge on any atom is 0.232 e. The Morgan fingerprint density at radius 1 is 1.26 bits per heavy atom. The number of hydrogen-bond donors (Lipinski definition) is 0. The summed E-state index contributed by atoms with van der Waals surface area (Å²) >= 11 is 0. The van der Waals surface area contributed by atoms with Crippen LogP contribution in [0.2, 0.25) is 0 Å². The summed E-state index contributed by atoms with van der Waals surface area (Å²) in [6.45, 7) is 0.967. The van der Waals surface area contributed by atoms with Gasteiger partial charge in [0.2, 0.25) is 15.0 Å². The van der Waals surface area contributed by atoms with Crippen LogP contribution in [0.15, 0.2) is 36.9 Å². The molecule has 0 saturated carbocycles. The molecule has 7 nitrogen and oxygen atoms in total. The predicted octanol–water partition coefficient (Wildman–Crippen LogP) is 1.25. The zero-order valence-electron chi connectivity index (χ0n) is 12.2. The second-order valence-electron chi connectivity index (χ2n) is 5.54. The Labute approximate surface area is 138 Å². The van der Waals surface area contributed by atoms with Crippen molar-refractivity contribution in [3.8, 4) is 0 Å². The van der Waals surface area contributed by atoms with Crippen LogP contribution >= 0.6 is 10.7 Å². The molecule has 0 spiro atoms. The Balaban J connectivity index is 1.68. The lowest BCUT2D eigenvalue weighted by Crippen LogP contribution is -2.25. The molecule has 3 rings (SSSR count). The standard InChI is InChI=1S/C14H15ClN4O3S/c15-23(21,22)8-12-5-14(20)19(7-12)13-3-1-11(2-4-13)6-18-10-16-9-17-18/h1-4,9-10,12H,5-8H2. The topological polar surface area (TPSA) is 85.2 Å². The number of aromatic nitrogens is 3. The summed E-state index contributed by atoms with van der Waals surface area (Å²) in [5.41, 5.74) is 1.79. The lowest BCUT2D eigenvalue weighted by Gasteiger charge is -2.17. The van der Waals surface area contributed by atoms with Crippen molar-refractivity contribution in [3.05, 3.63) is 42.5 Å². The first-order chi connectivity index (χ1) is 10.9. The fourth-order valence-corrected chi connectivity index (χ4v) is 4.03. The molecule has 0 aliphatic carbocycles. The largest absolute Gasteiger partial charge is 0.312 e. The van der Waals surface area contributed by atoms with E-state index in [0.717, 1.165) is 11.3 Å². The molecule has 1 aromatic carbocycles. The van der Waals surface area contributed by atoms with Crippen molar-refractivity contribution in [2.45, 2.75) is 13.0 Å². The molecule has 122 valence electrons. The van der Waals surface area contributed by atoms with Crippen molar-refractivity contribution >= 4 is 31.3 Å². The smallest absolute Gasteiger partial charge is 0.232 e. The molecule has 1 unspecified atom stereocenters. The van der Waals surface area contributed by atoms with Gasteiger partial charge in [-0.3, -0.25) is 4.79 Å². The van der Waals surface area contributed by atoms with E-state index in [0.29, 0.717) is 13.1 Å². The highest BCUT2D eigenvalue weighted by molar-refractivity contribution is 8.13. The summed E-state index contributed by atoms with van der Waals surface area (Å²) in [5.74, 6) is -0.527. The van der Waals surface area contributed by atoms with Gasteiger partial charge in [-0.15, -0.1) is 0 Å². The van der Waals surface area contributed by atoms with E-state index in [1.807, 2.05) is 24.3 Å². The van der Waals surface area contributed by atoms with E-state index in [2.05, 4.69) is 10.1 Å². The highest BCUT2D eigenvalue weighted by atomic mass is 35.7. The maximum atomic E-state index is 12.1. The normalized spacial score (nSPS) is 18.6. The molecule has 2 aromatic rings. The summed E-state index contributed by atoms with van der Waals surface area (Å²) in [7, 11) is 1.68. The van der Waals surface area contributed by atoms with Crippen molar-refractivity contribution in [3.63, 3.8) is 0 Å². The number of amides is 1. The molecule has 1 atom stereocenters. The fraction of sp³-hybridized carbons (Fsp3) is 0.357. The Morgan fingerprint density at radius 2 is 2.00 bits per heavy atom. The van der Waals surface area contributed by atoms with E-state index in [-0.39, 0.29) is 24.0 Å². The highest BCUT2D eigenvalue weighted by Crippen LogP contribution is 2.27. The van der Waals surface area contributed by atoms with Crippen LogP contribution in [0.3, 0.4) is 0 Å². The number of hydrogen-bond acceptors (Lipinski definition) is 5. The number of rotatable bonds is 5. The quantitative estimate of drug-likeness (QED) is 0.754. The number of carbonyl (C=O) groups excluding carboxylic acids is 1. The first-order valence-electron chi connectivity index (χ1n) is 7.05. The van der Waals surface area contributed by atoms with Crippen molar-refractivity contribution in [1.29, 1.82) is 0 Å². The molecule has 1 aromatic heterocycles. The van der Waals surface area contributed by atoms with Crippen molar-refractivity contribution in [1.82, 2.24) is 14.8 Å². The Morgan fingerprint density at radius 3 is 2.61 bits per heavy atom.